The van der Waals surface area contributed by atoms with Crippen LogP contribution in [0, 0.1) is 0 Å². The number of nitrogens with zero attached hydrogens (tertiary/aromatic N) is 1. The normalized spacial score (nSPS) is 10.5. The quantitative estimate of drug-likeness (QED) is 0.862. The summed E-state index contributed by atoms with van der Waals surface area (Å²) >= 11 is 0. The second-order valence-corrected chi connectivity index (χ2v) is 3.66. The minimum absolute atomic E-state index is 0.133. The van der Waals surface area contributed by atoms with Gasteiger partial charge in [0.2, 0.25) is 0 Å². The molecule has 4 nitrogen and oxygen atoms in total. The summed E-state index contributed by atoms with van der Waals surface area (Å²) in [6.45, 7) is 2.61. The van der Waals surface area contributed by atoms with Crippen molar-refractivity contribution in [2.45, 2.75) is 20.0 Å². The molecule has 1 aromatic heterocycles. The molecule has 1 N–H and O–H groups in total. The molecule has 0 radical (unpaired) electrons. The molecule has 0 aliphatic carbocycles. The van der Waals surface area contributed by atoms with E-state index in [-0.39, 0.29) is 6.61 Å². The summed E-state index contributed by atoms with van der Waals surface area (Å²) in [6.07, 6.45) is 2.30. The Morgan fingerprint density at radius 2 is 2.29 bits per heavy atom. The molecule has 1 aromatic carbocycles. The first-order chi connectivity index (χ1) is 8.35. The fraction of sp³-hybridized carbons (Fsp3) is 0.308. The molecular weight excluding hydrogens is 218 g/mol. The van der Waals surface area contributed by atoms with Crippen LogP contribution < -0.4 is 4.74 Å². The van der Waals surface area contributed by atoms with E-state index in [0.29, 0.717) is 18.1 Å². The van der Waals surface area contributed by atoms with E-state index >= 15 is 0 Å². The van der Waals surface area contributed by atoms with Crippen LogP contribution in [-0.2, 0) is 6.61 Å². The molecular formula is C13H15NO3. The van der Waals surface area contributed by atoms with Gasteiger partial charge in [0.1, 0.15) is 11.4 Å². The lowest BCUT2D eigenvalue weighted by Crippen LogP contribution is -1.95. The van der Waals surface area contributed by atoms with Gasteiger partial charge < -0.3 is 14.3 Å². The summed E-state index contributed by atoms with van der Waals surface area (Å²) in [4.78, 5) is 3.95. The first kappa shape index (κ1) is 11.7. The van der Waals surface area contributed by atoms with E-state index in [1.807, 2.05) is 24.3 Å². The van der Waals surface area contributed by atoms with Gasteiger partial charge in [-0.1, -0.05) is 19.1 Å². The Labute approximate surface area is 99.9 Å². The lowest BCUT2D eigenvalue weighted by atomic mass is 10.1. The number of oxazole rings is 1. The zero-order valence-electron chi connectivity index (χ0n) is 9.72. The Hall–Kier alpha value is -1.81. The minimum atomic E-state index is -0.133. The summed E-state index contributed by atoms with van der Waals surface area (Å²) in [5.74, 6) is 1.39. The van der Waals surface area contributed by atoms with Gasteiger partial charge >= 0.3 is 0 Å². The van der Waals surface area contributed by atoms with Gasteiger partial charge in [-0.25, -0.2) is 4.98 Å². The van der Waals surface area contributed by atoms with Crippen molar-refractivity contribution in [3.8, 4) is 17.1 Å². The third kappa shape index (κ3) is 2.65. The summed E-state index contributed by atoms with van der Waals surface area (Å²) in [5.41, 5.74) is 1.40. The van der Waals surface area contributed by atoms with Gasteiger partial charge in [-0.2, -0.15) is 0 Å². The first-order valence-corrected chi connectivity index (χ1v) is 5.61. The van der Waals surface area contributed by atoms with Gasteiger partial charge in [0.25, 0.3) is 0 Å². The molecule has 0 saturated heterocycles. The molecule has 17 heavy (non-hydrogen) atoms. The van der Waals surface area contributed by atoms with E-state index in [9.17, 15) is 0 Å². The number of aromatic nitrogens is 1. The van der Waals surface area contributed by atoms with Gasteiger partial charge in [0.05, 0.1) is 13.2 Å². The number of aliphatic hydroxyl groups excluding tert-OH is 1. The van der Waals surface area contributed by atoms with E-state index < -0.39 is 0 Å². The highest BCUT2D eigenvalue weighted by atomic mass is 16.5. The predicted molar refractivity (Wildman–Crippen MR) is 63.6 cm³/mol. The maximum Gasteiger partial charge on any atom is 0.181 e. The van der Waals surface area contributed by atoms with E-state index in [0.717, 1.165) is 17.7 Å². The van der Waals surface area contributed by atoms with Gasteiger partial charge in [0, 0.05) is 5.56 Å². The average molecular weight is 233 g/mol. The SMILES string of the molecule is CCCOc1cccc(-c2ocnc2CO)c1. The Balaban J connectivity index is 2.26. The van der Waals surface area contributed by atoms with E-state index in [1.54, 1.807) is 0 Å². The summed E-state index contributed by atoms with van der Waals surface area (Å²) in [6, 6.07) is 7.58. The van der Waals surface area contributed by atoms with Gasteiger partial charge in [0.15, 0.2) is 12.2 Å². The van der Waals surface area contributed by atoms with Crippen molar-refractivity contribution in [1.29, 1.82) is 0 Å². The predicted octanol–water partition coefficient (Wildman–Crippen LogP) is 2.62. The molecule has 2 rings (SSSR count). The number of hydrogen-bond donors (Lipinski definition) is 1. The molecule has 0 amide bonds. The van der Waals surface area contributed by atoms with Crippen molar-refractivity contribution in [2.75, 3.05) is 6.61 Å². The molecule has 0 fully saturated rings. The van der Waals surface area contributed by atoms with Crippen molar-refractivity contribution in [3.63, 3.8) is 0 Å². The third-order valence-electron chi connectivity index (χ3n) is 2.36. The molecule has 0 atom stereocenters. The van der Waals surface area contributed by atoms with Crippen LogP contribution in [0.1, 0.15) is 19.0 Å². The van der Waals surface area contributed by atoms with Crippen LogP contribution in [0.25, 0.3) is 11.3 Å². The van der Waals surface area contributed by atoms with Crippen LogP contribution in [0.15, 0.2) is 35.1 Å². The fourth-order valence-corrected chi connectivity index (χ4v) is 1.56. The monoisotopic (exact) mass is 233 g/mol. The maximum absolute atomic E-state index is 9.13. The largest absolute Gasteiger partial charge is 0.494 e. The van der Waals surface area contributed by atoms with Crippen LogP contribution in [-0.4, -0.2) is 16.7 Å². The molecule has 0 unspecified atom stereocenters. The molecule has 1 heterocycles. The van der Waals surface area contributed by atoms with Crippen LogP contribution in [0.5, 0.6) is 5.75 Å². The number of ether oxygens (including phenoxy) is 1. The number of aliphatic hydroxyl groups is 1. The molecule has 0 saturated carbocycles. The topological polar surface area (TPSA) is 55.5 Å². The van der Waals surface area contributed by atoms with E-state index in [1.165, 1.54) is 6.39 Å². The molecule has 0 aliphatic rings. The van der Waals surface area contributed by atoms with Crippen LogP contribution in [0.3, 0.4) is 0 Å². The molecule has 0 spiro atoms. The van der Waals surface area contributed by atoms with Crippen molar-refractivity contribution in [2.24, 2.45) is 0 Å². The average Bonchev–Trinajstić information content (AvgIpc) is 2.85. The van der Waals surface area contributed by atoms with E-state index in [2.05, 4.69) is 11.9 Å². The second kappa shape index (κ2) is 5.50. The summed E-state index contributed by atoms with van der Waals surface area (Å²) in [5, 5.41) is 9.13. The van der Waals surface area contributed by atoms with Gasteiger partial charge in [-0.3, -0.25) is 0 Å². The lowest BCUT2D eigenvalue weighted by molar-refractivity contribution is 0.277. The Bertz CT molecular complexity index is 479. The van der Waals surface area contributed by atoms with Gasteiger partial charge in [-0.05, 0) is 18.6 Å². The van der Waals surface area contributed by atoms with E-state index in [4.69, 9.17) is 14.3 Å². The van der Waals surface area contributed by atoms with Gasteiger partial charge in [-0.15, -0.1) is 0 Å². The molecule has 0 aliphatic heterocycles. The molecule has 2 aromatic rings. The van der Waals surface area contributed by atoms with Crippen molar-refractivity contribution >= 4 is 0 Å². The number of benzene rings is 1. The Morgan fingerprint density at radius 1 is 1.41 bits per heavy atom. The number of rotatable bonds is 5. The molecule has 90 valence electrons. The smallest absolute Gasteiger partial charge is 0.181 e. The van der Waals surface area contributed by atoms with Crippen molar-refractivity contribution in [3.05, 3.63) is 36.4 Å². The highest BCUT2D eigenvalue weighted by Crippen LogP contribution is 2.26. The zero-order valence-corrected chi connectivity index (χ0v) is 9.72. The fourth-order valence-electron chi connectivity index (χ4n) is 1.56. The lowest BCUT2D eigenvalue weighted by Gasteiger charge is -2.06. The summed E-state index contributed by atoms with van der Waals surface area (Å²) in [7, 11) is 0. The van der Waals surface area contributed by atoms with Crippen molar-refractivity contribution < 1.29 is 14.3 Å². The highest BCUT2D eigenvalue weighted by Gasteiger charge is 2.10. The zero-order chi connectivity index (χ0) is 12.1. The van der Waals surface area contributed by atoms with Crippen LogP contribution in [0.2, 0.25) is 0 Å². The number of hydrogen-bond acceptors (Lipinski definition) is 4. The third-order valence-corrected chi connectivity index (χ3v) is 2.36. The van der Waals surface area contributed by atoms with Crippen LogP contribution in [0.4, 0.5) is 0 Å². The van der Waals surface area contributed by atoms with Crippen LogP contribution >= 0.6 is 0 Å². The first-order valence-electron chi connectivity index (χ1n) is 5.61. The Kier molecular flexibility index (Phi) is 3.77. The van der Waals surface area contributed by atoms with Crippen molar-refractivity contribution in [1.82, 2.24) is 4.98 Å². The molecule has 4 heteroatoms. The minimum Gasteiger partial charge on any atom is -0.494 e. The Morgan fingerprint density at radius 3 is 3.06 bits per heavy atom. The molecule has 0 bridgehead atoms. The second-order valence-electron chi connectivity index (χ2n) is 3.66. The highest BCUT2D eigenvalue weighted by molar-refractivity contribution is 5.61. The standard InChI is InChI=1S/C13H15NO3/c1-2-6-16-11-5-3-4-10(7-11)13-12(8-15)14-9-17-13/h3-5,7,9,15H,2,6,8H2,1H3. The maximum atomic E-state index is 9.13. The summed E-state index contributed by atoms with van der Waals surface area (Å²) < 4.78 is 10.8.